The lowest BCUT2D eigenvalue weighted by Gasteiger charge is -2.69. The van der Waals surface area contributed by atoms with Crippen molar-refractivity contribution in [3.8, 4) is 0 Å². The molecular weight excluding hydrogens is 1130 g/mol. The van der Waals surface area contributed by atoms with E-state index in [0.717, 1.165) is 30.4 Å². The molecule has 8 fully saturated rings. The highest BCUT2D eigenvalue weighted by Crippen LogP contribution is 2.77. The average molecular weight is 1230 g/mol. The lowest BCUT2D eigenvalue weighted by atomic mass is 9.36. The molecule has 3 unspecified atom stereocenters. The van der Waals surface area contributed by atoms with Crippen LogP contribution in [0.1, 0.15) is 220 Å². The number of hydrogen-bond acceptors (Lipinski definition) is 13. The predicted molar refractivity (Wildman–Crippen MR) is 320 cm³/mol. The number of carbonyl (C=O) groups excluding carboxylic acids is 5. The van der Waals surface area contributed by atoms with Gasteiger partial charge in [0.05, 0.1) is 23.7 Å². The van der Waals surface area contributed by atoms with E-state index in [9.17, 15) is 47.7 Å². The molecule has 20 atom stereocenters. The maximum atomic E-state index is 15.6. The standard InChI is InChI=1S/C69H102ClF3O13/c1-35(2)43(69(71,72)73)20-18-41(59(79)82-34-83-61(81)62(9,10)11)55-46-30-51(78)58-64(13)27-25-52(38(6)45(64)23-29-66(58,15)67(46,16)32-53(55)84-39(7)74)86-60(80)42(19-21-48(70)36(3)4)56-47-31-50(77)57-63(12)26-24-49(76)37(5)44(63)22-28-65(57,14)68(47,17)33-54(56)85-40(8)75/h37-38,44-47,49-54,57-58,76-78H,18-34H2,1-17H3/t37-,38-,44?,45?,46+,47+,49+,50+,51+,52+,53-,54-,57?,58+,63-,64-,65-,66-,67-,68-/m0/s1. The van der Waals surface area contributed by atoms with Crippen molar-refractivity contribution in [3.05, 3.63) is 44.0 Å². The van der Waals surface area contributed by atoms with Gasteiger partial charge in [0.15, 0.2) is 0 Å². The number of alkyl halides is 3. The van der Waals surface area contributed by atoms with Crippen LogP contribution in [0.4, 0.5) is 13.2 Å². The first-order valence-electron chi connectivity index (χ1n) is 32.1. The lowest BCUT2D eigenvalue weighted by molar-refractivity contribution is -0.236. The van der Waals surface area contributed by atoms with Gasteiger partial charge < -0.3 is 39.0 Å². The van der Waals surface area contributed by atoms with Gasteiger partial charge in [0, 0.05) is 35.6 Å². The quantitative estimate of drug-likeness (QED) is 0.0519. The highest BCUT2D eigenvalue weighted by atomic mass is 35.5. The summed E-state index contributed by atoms with van der Waals surface area (Å²) in [4.78, 5) is 69.1. The Bertz CT molecular complexity index is 2800. The zero-order valence-corrected chi connectivity index (χ0v) is 55.3. The third kappa shape index (κ3) is 11.6. The molecule has 0 aromatic rings. The van der Waals surface area contributed by atoms with Gasteiger partial charge in [0.2, 0.25) is 6.79 Å². The summed E-state index contributed by atoms with van der Waals surface area (Å²) in [5.41, 5.74) is -2.50. The number of carbonyl (C=O) groups is 5. The van der Waals surface area contributed by atoms with E-state index in [1.165, 1.54) is 27.7 Å². The largest absolute Gasteiger partial charge is 0.459 e. The third-order valence-electron chi connectivity index (χ3n) is 25.1. The number of aliphatic hydroxyl groups is 3. The number of halogens is 4. The first kappa shape index (κ1) is 68.2. The molecule has 13 nitrogen and oxygen atoms in total. The second-order valence-electron chi connectivity index (χ2n) is 31.0. The van der Waals surface area contributed by atoms with Crippen LogP contribution in [0.5, 0.6) is 0 Å². The highest BCUT2D eigenvalue weighted by Gasteiger charge is 2.73. The fourth-order valence-electron chi connectivity index (χ4n) is 20.8. The van der Waals surface area contributed by atoms with E-state index in [1.807, 2.05) is 13.8 Å². The molecule has 8 aliphatic carbocycles. The SMILES string of the molecule is CC(=O)O[C@H]1C[C@@]2(C)[C@H](C[C@@H](O)C3[C@@]4(C)CC[C@@H](O)[C@@H](C)C4CC[C@@]32C)C1=C(CCC(Cl)=C(C)C)C(=O)O[C@@H]1CC[C@@]2(C)C(CC[C@@]3(C)[C@@H]2[C@H](O)C[C@@H]2C(=C(CCC(=C(C)C)C(F)(F)F)C(=O)OCOC(=O)C(C)(C)C)[C@@H](OC(C)=O)C[C@@]23C)[C@@H]1C. The Morgan fingerprint density at radius 2 is 1.01 bits per heavy atom. The Labute approximate surface area is 514 Å². The van der Waals surface area contributed by atoms with Crippen LogP contribution in [-0.4, -0.2) is 94.8 Å². The van der Waals surface area contributed by atoms with Crippen LogP contribution in [0, 0.1) is 85.2 Å². The van der Waals surface area contributed by atoms with E-state index in [0.29, 0.717) is 67.5 Å². The Balaban J connectivity index is 1.12. The first-order valence-corrected chi connectivity index (χ1v) is 32.5. The molecule has 0 radical (unpaired) electrons. The maximum Gasteiger partial charge on any atom is 0.412 e. The molecule has 0 amide bonds. The molecule has 0 aromatic heterocycles. The summed E-state index contributed by atoms with van der Waals surface area (Å²) < 4.78 is 73.9. The Morgan fingerprint density at radius 1 is 0.558 bits per heavy atom. The Kier molecular flexibility index (Phi) is 19.1. The van der Waals surface area contributed by atoms with E-state index in [-0.39, 0.29) is 83.4 Å². The van der Waals surface area contributed by atoms with Gasteiger partial charge in [-0.3, -0.25) is 14.4 Å². The molecular formula is C69H102ClF3O13. The van der Waals surface area contributed by atoms with Crippen LogP contribution in [0.2, 0.25) is 0 Å². The van der Waals surface area contributed by atoms with Crippen molar-refractivity contribution in [1.29, 1.82) is 0 Å². The topological polar surface area (TPSA) is 192 Å². The molecule has 0 spiro atoms. The molecule has 0 aromatic carbocycles. The van der Waals surface area contributed by atoms with Crippen molar-refractivity contribution in [2.75, 3.05) is 6.79 Å². The van der Waals surface area contributed by atoms with E-state index in [4.69, 9.17) is 35.3 Å². The van der Waals surface area contributed by atoms with E-state index in [1.54, 1.807) is 20.8 Å². The molecule has 8 rings (SSSR count). The molecule has 0 heterocycles. The number of rotatable bonds is 13. The summed E-state index contributed by atoms with van der Waals surface area (Å²) >= 11 is 6.92. The minimum absolute atomic E-state index is 0.0298. The minimum atomic E-state index is -4.70. The first-order chi connectivity index (χ1) is 39.6. The van der Waals surface area contributed by atoms with Crippen molar-refractivity contribution < 1.29 is 76.1 Å². The fraction of sp³-hybridized carbons (Fsp3) is 0.812. The molecule has 484 valence electrons. The third-order valence-corrected chi connectivity index (χ3v) is 25.7. The van der Waals surface area contributed by atoms with Gasteiger partial charge >= 0.3 is 36.0 Å². The number of fused-ring (bicyclic) bond motifs is 10. The normalized spacial score (nSPS) is 42.0. The number of allylic oxidation sites excluding steroid dienone is 4. The molecule has 0 aliphatic heterocycles. The Hall–Kier alpha value is -3.73. The summed E-state index contributed by atoms with van der Waals surface area (Å²) in [6.45, 7) is 31.0. The summed E-state index contributed by atoms with van der Waals surface area (Å²) in [6.07, 6.45) is -2.78. The maximum absolute atomic E-state index is 15.6. The smallest absolute Gasteiger partial charge is 0.412 e. The van der Waals surface area contributed by atoms with Crippen LogP contribution < -0.4 is 0 Å². The van der Waals surface area contributed by atoms with Crippen molar-refractivity contribution in [2.24, 2.45) is 85.2 Å². The van der Waals surface area contributed by atoms with Crippen LogP contribution in [0.15, 0.2) is 44.0 Å². The van der Waals surface area contributed by atoms with Gasteiger partial charge in [-0.25, -0.2) is 9.59 Å². The van der Waals surface area contributed by atoms with Gasteiger partial charge in [-0.2, -0.15) is 13.2 Å². The molecule has 8 saturated carbocycles. The van der Waals surface area contributed by atoms with Crippen molar-refractivity contribution >= 4 is 41.4 Å². The number of ether oxygens (including phenoxy) is 5. The summed E-state index contributed by atoms with van der Waals surface area (Å²) in [5.74, 6) is -4.50. The average Bonchev–Trinajstić information content (AvgIpc) is 1.29. The minimum Gasteiger partial charge on any atom is -0.459 e. The van der Waals surface area contributed by atoms with Crippen molar-refractivity contribution in [3.63, 3.8) is 0 Å². The van der Waals surface area contributed by atoms with Crippen molar-refractivity contribution in [1.82, 2.24) is 0 Å². The number of aliphatic hydroxyl groups excluding tert-OH is 3. The molecule has 3 N–H and O–H groups in total. The predicted octanol–water partition coefficient (Wildman–Crippen LogP) is 14.3. The lowest BCUT2D eigenvalue weighted by Crippen LogP contribution is -2.65. The van der Waals surface area contributed by atoms with Gasteiger partial charge in [-0.05, 0) is 242 Å². The van der Waals surface area contributed by atoms with Crippen LogP contribution in [-0.2, 0) is 47.7 Å². The molecule has 0 saturated heterocycles. The second-order valence-corrected chi connectivity index (χ2v) is 31.5. The van der Waals surface area contributed by atoms with E-state index in [2.05, 4.69) is 55.4 Å². The Morgan fingerprint density at radius 3 is 1.45 bits per heavy atom. The zero-order valence-electron chi connectivity index (χ0n) is 54.5. The molecule has 86 heavy (non-hydrogen) atoms. The van der Waals surface area contributed by atoms with Crippen LogP contribution >= 0.6 is 11.6 Å². The van der Waals surface area contributed by atoms with Gasteiger partial charge in [-0.1, -0.05) is 78.1 Å². The van der Waals surface area contributed by atoms with Gasteiger partial charge in [0.1, 0.15) is 18.3 Å². The molecule has 17 heteroatoms. The molecule has 0 bridgehead atoms. The summed E-state index contributed by atoms with van der Waals surface area (Å²) in [6, 6.07) is 0. The van der Waals surface area contributed by atoms with Crippen LogP contribution in [0.3, 0.4) is 0 Å². The number of hydrogen-bond donors (Lipinski definition) is 3. The van der Waals surface area contributed by atoms with Gasteiger partial charge in [0.25, 0.3) is 0 Å². The number of esters is 5. The van der Waals surface area contributed by atoms with E-state index >= 15 is 4.79 Å². The van der Waals surface area contributed by atoms with E-state index < -0.39 is 130 Å². The summed E-state index contributed by atoms with van der Waals surface area (Å²) in [5, 5.41) is 37.3. The monoisotopic (exact) mass is 1230 g/mol. The zero-order chi connectivity index (χ0) is 64.1. The van der Waals surface area contributed by atoms with Crippen LogP contribution in [0.25, 0.3) is 0 Å². The second kappa shape index (κ2) is 24.1. The summed E-state index contributed by atoms with van der Waals surface area (Å²) in [7, 11) is 0. The fourth-order valence-corrected chi connectivity index (χ4v) is 20.9. The molecule has 8 aliphatic rings. The van der Waals surface area contributed by atoms with Crippen molar-refractivity contribution in [2.45, 2.75) is 263 Å². The van der Waals surface area contributed by atoms with Gasteiger partial charge in [-0.15, -0.1) is 0 Å². The highest BCUT2D eigenvalue weighted by molar-refractivity contribution is 6.29.